The molecule has 4 nitrogen and oxygen atoms in total. The Hall–Kier alpha value is -2.05. The average Bonchev–Trinajstić information content (AvgIpc) is 2.53. The van der Waals surface area contributed by atoms with E-state index < -0.39 is 17.0 Å². The van der Waals surface area contributed by atoms with Crippen molar-refractivity contribution in [3.8, 4) is 0 Å². The van der Waals surface area contributed by atoms with Gasteiger partial charge in [-0.25, -0.2) is 4.39 Å². The summed E-state index contributed by atoms with van der Waals surface area (Å²) in [5.41, 5.74) is 1.12. The first-order valence-electron chi connectivity index (χ1n) is 6.76. The van der Waals surface area contributed by atoms with Crippen LogP contribution >= 0.6 is 23.4 Å². The molecule has 2 aromatic rings. The van der Waals surface area contributed by atoms with Crippen LogP contribution in [0.4, 0.5) is 15.8 Å². The maximum Gasteiger partial charge on any atom is 0.249 e. The minimum absolute atomic E-state index is 0.329. The van der Waals surface area contributed by atoms with Crippen molar-refractivity contribution >= 4 is 46.6 Å². The Kier molecular flexibility index (Phi) is 4.28. The van der Waals surface area contributed by atoms with Crippen LogP contribution in [0, 0.1) is 5.82 Å². The van der Waals surface area contributed by atoms with Gasteiger partial charge in [-0.2, -0.15) is 0 Å². The number of hydrogen-bond donors (Lipinski definition) is 1. The molecule has 0 radical (unpaired) electrons. The molecule has 1 N–H and O–H groups in total. The van der Waals surface area contributed by atoms with Crippen molar-refractivity contribution in [2.45, 2.75) is 10.1 Å². The number of halogens is 2. The second-order valence-corrected chi connectivity index (χ2v) is 6.59. The van der Waals surface area contributed by atoms with Crippen molar-refractivity contribution in [3.05, 3.63) is 53.3 Å². The molecule has 0 aliphatic carbocycles. The second-order valence-electron chi connectivity index (χ2n) is 5.00. The molecule has 2 amide bonds. The molecular formula is C16H12ClFN2O2S. The van der Waals surface area contributed by atoms with Crippen LogP contribution in [0.15, 0.2) is 47.4 Å². The second kappa shape index (κ2) is 6.22. The minimum atomic E-state index is -0.904. The fraction of sp³-hybridized carbons (Fsp3) is 0.125. The number of nitrogens with one attached hydrogen (secondary N) is 1. The van der Waals surface area contributed by atoms with Gasteiger partial charge in [0.25, 0.3) is 0 Å². The zero-order chi connectivity index (χ0) is 16.6. The maximum absolute atomic E-state index is 12.9. The largest absolute Gasteiger partial charge is 0.325 e. The van der Waals surface area contributed by atoms with Crippen LogP contribution in [0.25, 0.3) is 0 Å². The predicted molar refractivity (Wildman–Crippen MR) is 89.5 cm³/mol. The van der Waals surface area contributed by atoms with E-state index in [1.807, 2.05) is 0 Å². The molecule has 1 atom stereocenters. The highest BCUT2D eigenvalue weighted by Gasteiger charge is 2.36. The summed E-state index contributed by atoms with van der Waals surface area (Å²) >= 11 is 7.12. The van der Waals surface area contributed by atoms with Gasteiger partial charge in [0.1, 0.15) is 5.82 Å². The zero-order valence-corrected chi connectivity index (χ0v) is 13.6. The van der Waals surface area contributed by atoms with Crippen molar-refractivity contribution in [3.63, 3.8) is 0 Å². The number of benzene rings is 2. The van der Waals surface area contributed by atoms with Gasteiger partial charge in [0, 0.05) is 22.7 Å². The van der Waals surface area contributed by atoms with Gasteiger partial charge in [-0.3, -0.25) is 9.59 Å². The van der Waals surface area contributed by atoms with E-state index in [1.165, 1.54) is 40.9 Å². The highest BCUT2D eigenvalue weighted by molar-refractivity contribution is 8.01. The normalized spacial score (nSPS) is 16.9. The summed E-state index contributed by atoms with van der Waals surface area (Å²) in [7, 11) is 1.61. The van der Waals surface area contributed by atoms with Crippen molar-refractivity contribution in [2.75, 3.05) is 17.3 Å². The monoisotopic (exact) mass is 350 g/mol. The molecule has 0 fully saturated rings. The van der Waals surface area contributed by atoms with Crippen LogP contribution in [-0.2, 0) is 9.59 Å². The van der Waals surface area contributed by atoms with E-state index >= 15 is 0 Å². The number of fused-ring (bicyclic) bond motifs is 1. The summed E-state index contributed by atoms with van der Waals surface area (Å²) in [6, 6.07) is 10.6. The average molecular weight is 351 g/mol. The van der Waals surface area contributed by atoms with Gasteiger partial charge in [0.15, 0.2) is 5.25 Å². The smallest absolute Gasteiger partial charge is 0.249 e. The van der Waals surface area contributed by atoms with Gasteiger partial charge < -0.3 is 10.2 Å². The first kappa shape index (κ1) is 15.8. The number of anilines is 2. The zero-order valence-electron chi connectivity index (χ0n) is 12.0. The molecule has 0 spiro atoms. The summed E-state index contributed by atoms with van der Waals surface area (Å²) in [5.74, 6) is -1.17. The van der Waals surface area contributed by atoms with Crippen molar-refractivity contribution in [2.24, 2.45) is 0 Å². The molecule has 118 valence electrons. The van der Waals surface area contributed by atoms with Crippen LogP contribution < -0.4 is 10.2 Å². The Morgan fingerprint density at radius 1 is 1.26 bits per heavy atom. The Morgan fingerprint density at radius 2 is 1.96 bits per heavy atom. The topological polar surface area (TPSA) is 49.4 Å². The van der Waals surface area contributed by atoms with E-state index in [4.69, 9.17) is 11.6 Å². The molecular weight excluding hydrogens is 339 g/mol. The molecule has 1 heterocycles. The van der Waals surface area contributed by atoms with E-state index in [2.05, 4.69) is 5.32 Å². The number of carbonyl (C=O) groups excluding carboxylic acids is 2. The first-order chi connectivity index (χ1) is 11.0. The van der Waals surface area contributed by atoms with Crippen LogP contribution in [-0.4, -0.2) is 24.1 Å². The molecule has 7 heteroatoms. The molecule has 2 aromatic carbocycles. The van der Waals surface area contributed by atoms with Crippen molar-refractivity contribution in [1.29, 1.82) is 0 Å². The molecule has 0 saturated heterocycles. The summed E-state index contributed by atoms with van der Waals surface area (Å²) in [6.07, 6.45) is 0. The fourth-order valence-electron chi connectivity index (χ4n) is 2.23. The van der Waals surface area contributed by atoms with Crippen molar-refractivity contribution in [1.82, 2.24) is 0 Å². The quantitative estimate of drug-likeness (QED) is 0.843. The van der Waals surface area contributed by atoms with E-state index in [1.54, 1.807) is 25.2 Å². The third kappa shape index (κ3) is 3.18. The minimum Gasteiger partial charge on any atom is -0.325 e. The maximum atomic E-state index is 12.9. The van der Waals surface area contributed by atoms with Gasteiger partial charge in [-0.05, 0) is 42.5 Å². The fourth-order valence-corrected chi connectivity index (χ4v) is 3.54. The van der Waals surface area contributed by atoms with Crippen molar-refractivity contribution < 1.29 is 14.0 Å². The third-order valence-electron chi connectivity index (χ3n) is 3.43. The van der Waals surface area contributed by atoms with Gasteiger partial charge in [0.05, 0.1) is 5.69 Å². The first-order valence-corrected chi connectivity index (χ1v) is 8.01. The SMILES string of the molecule is CN1C(=O)C(C(=O)Nc2ccc(F)cc2)Sc2ccc(Cl)cc21. The summed E-state index contributed by atoms with van der Waals surface area (Å²) in [5, 5.41) is 2.25. The van der Waals surface area contributed by atoms with Crippen LogP contribution in [0.2, 0.25) is 5.02 Å². The Bertz CT molecular complexity index is 782. The van der Waals surface area contributed by atoms with E-state index in [0.29, 0.717) is 16.4 Å². The number of rotatable bonds is 2. The molecule has 1 aliphatic heterocycles. The lowest BCUT2D eigenvalue weighted by molar-refractivity contribution is -0.124. The Balaban J connectivity index is 1.83. The summed E-state index contributed by atoms with van der Waals surface area (Å²) < 4.78 is 12.9. The molecule has 0 bridgehead atoms. The summed E-state index contributed by atoms with van der Waals surface area (Å²) in [4.78, 5) is 27.0. The van der Waals surface area contributed by atoms with E-state index in [-0.39, 0.29) is 5.91 Å². The molecule has 0 saturated carbocycles. The van der Waals surface area contributed by atoms with Gasteiger partial charge >= 0.3 is 0 Å². The van der Waals surface area contributed by atoms with Crippen LogP contribution in [0.5, 0.6) is 0 Å². The van der Waals surface area contributed by atoms with E-state index in [9.17, 15) is 14.0 Å². The molecule has 23 heavy (non-hydrogen) atoms. The standard InChI is InChI=1S/C16H12ClFN2O2S/c1-20-12-8-9(17)2-7-13(12)23-14(16(20)22)15(21)19-11-5-3-10(18)4-6-11/h2-8,14H,1H3,(H,19,21). The van der Waals surface area contributed by atoms with Gasteiger partial charge in [0.2, 0.25) is 11.8 Å². The lowest BCUT2D eigenvalue weighted by atomic mass is 10.2. The molecule has 3 rings (SSSR count). The molecule has 1 unspecified atom stereocenters. The molecule has 1 aliphatic rings. The number of nitrogens with zero attached hydrogens (tertiary/aromatic N) is 1. The number of thioether (sulfide) groups is 1. The Morgan fingerprint density at radius 3 is 2.65 bits per heavy atom. The highest BCUT2D eigenvalue weighted by Crippen LogP contribution is 2.40. The Labute approximate surface area is 141 Å². The number of amides is 2. The number of carbonyl (C=O) groups is 2. The predicted octanol–water partition coefficient (Wildman–Crippen LogP) is 3.55. The van der Waals surface area contributed by atoms with Crippen LogP contribution in [0.1, 0.15) is 0 Å². The van der Waals surface area contributed by atoms with Gasteiger partial charge in [-0.15, -0.1) is 11.8 Å². The lowest BCUT2D eigenvalue weighted by Gasteiger charge is -2.30. The van der Waals surface area contributed by atoms with Crippen LogP contribution in [0.3, 0.4) is 0 Å². The lowest BCUT2D eigenvalue weighted by Crippen LogP contribution is -2.44. The third-order valence-corrected chi connectivity index (χ3v) is 4.92. The summed E-state index contributed by atoms with van der Waals surface area (Å²) in [6.45, 7) is 0. The van der Waals surface area contributed by atoms with Gasteiger partial charge in [-0.1, -0.05) is 11.6 Å². The van der Waals surface area contributed by atoms with E-state index in [0.717, 1.165) is 4.90 Å². The number of hydrogen-bond acceptors (Lipinski definition) is 3. The highest BCUT2D eigenvalue weighted by atomic mass is 35.5. The molecule has 0 aromatic heterocycles.